The number of rotatable bonds is 8. The van der Waals surface area contributed by atoms with Crippen LogP contribution in [0.15, 0.2) is 74.6 Å². The normalized spacial score (nSPS) is 25.3. The number of aliphatic imine (C=N–C) groups is 1. The number of hydrogen-bond donors (Lipinski definition) is 2. The van der Waals surface area contributed by atoms with Gasteiger partial charge in [0, 0.05) is 50.1 Å². The van der Waals surface area contributed by atoms with Crippen LogP contribution in [0.4, 0.5) is 5.69 Å². The minimum absolute atomic E-state index is 0.00220. The van der Waals surface area contributed by atoms with E-state index >= 15 is 0 Å². The Labute approximate surface area is 308 Å². The summed E-state index contributed by atoms with van der Waals surface area (Å²) >= 11 is 6.44. The molecule has 4 atom stereocenters. The van der Waals surface area contributed by atoms with Crippen molar-refractivity contribution in [3.63, 3.8) is 0 Å². The molecule has 0 aliphatic carbocycles. The molecule has 3 N–H and O–H groups in total. The average molecular weight is 742 g/mol. The number of amides is 2. The van der Waals surface area contributed by atoms with E-state index in [2.05, 4.69) is 38.9 Å². The van der Waals surface area contributed by atoms with E-state index in [1.54, 1.807) is 46.1 Å². The van der Waals surface area contributed by atoms with Crippen molar-refractivity contribution in [2.45, 2.75) is 82.8 Å². The van der Waals surface area contributed by atoms with Crippen molar-refractivity contribution in [2.24, 2.45) is 21.0 Å². The van der Waals surface area contributed by atoms with Crippen LogP contribution >= 0.6 is 11.6 Å². The zero-order chi connectivity index (χ0) is 37.3. The molecular weight excluding hydrogens is 690 g/mol. The van der Waals surface area contributed by atoms with E-state index in [4.69, 9.17) is 31.5 Å². The van der Waals surface area contributed by atoms with Crippen LogP contribution in [0.5, 0.6) is 5.75 Å². The largest absolute Gasteiger partial charge is 0.491 e. The number of nitrogens with two attached hydrogens (primary N) is 1. The molecule has 4 rings (SSSR count). The molecule has 51 heavy (non-hydrogen) atoms. The van der Waals surface area contributed by atoms with Crippen LogP contribution in [-0.2, 0) is 35.4 Å². The Morgan fingerprint density at radius 1 is 1.25 bits per heavy atom. The second-order valence-corrected chi connectivity index (χ2v) is 15.7. The fraction of sp³-hybridized carbons (Fsp3) is 0.500. The lowest BCUT2D eigenvalue weighted by molar-refractivity contribution is -0.137. The molecule has 2 aliphatic heterocycles. The Morgan fingerprint density at radius 2 is 2.02 bits per heavy atom. The minimum Gasteiger partial charge on any atom is -0.491 e. The van der Waals surface area contributed by atoms with Crippen LogP contribution in [0.1, 0.15) is 70.9 Å². The number of anilines is 1. The SMILES string of the molecule is CCCc1cc(Cl)ccc1C1COc2ccc3cc2N(CCC(CC)C(OC)/C=C/COC(C)(C)C(=O)N=S3(=O)NC(=O)C(=CN)C(C)=NC)C1. The number of benzene rings is 2. The van der Waals surface area contributed by atoms with Gasteiger partial charge in [-0.3, -0.25) is 19.3 Å². The summed E-state index contributed by atoms with van der Waals surface area (Å²) < 4.78 is 40.1. The number of nitrogens with zero attached hydrogens (tertiary/aromatic N) is 3. The molecule has 2 aromatic rings. The van der Waals surface area contributed by atoms with E-state index in [9.17, 15) is 13.8 Å². The van der Waals surface area contributed by atoms with E-state index in [1.807, 2.05) is 24.3 Å². The number of fused-ring (bicyclic) bond motifs is 1. The summed E-state index contributed by atoms with van der Waals surface area (Å²) in [4.78, 5) is 33.7. The van der Waals surface area contributed by atoms with Crippen molar-refractivity contribution in [1.29, 1.82) is 0 Å². The number of nitrogens with one attached hydrogen (secondary N) is 1. The van der Waals surface area contributed by atoms with Crippen molar-refractivity contribution in [1.82, 2.24) is 4.72 Å². The molecule has 2 amide bonds. The maximum atomic E-state index is 15.0. The summed E-state index contributed by atoms with van der Waals surface area (Å²) in [6.07, 6.45) is 8.18. The van der Waals surface area contributed by atoms with E-state index in [0.717, 1.165) is 31.9 Å². The third-order valence-electron chi connectivity index (χ3n) is 9.53. The van der Waals surface area contributed by atoms with Gasteiger partial charge in [0.1, 0.15) is 11.4 Å². The molecule has 2 aromatic carbocycles. The number of methoxy groups -OCH3 is 1. The fourth-order valence-corrected chi connectivity index (χ4v) is 8.19. The van der Waals surface area contributed by atoms with E-state index in [0.29, 0.717) is 41.9 Å². The highest BCUT2D eigenvalue weighted by atomic mass is 35.5. The van der Waals surface area contributed by atoms with Gasteiger partial charge in [-0.25, -0.2) is 4.21 Å². The van der Waals surface area contributed by atoms with Crippen molar-refractivity contribution in [3.05, 3.63) is 76.5 Å². The van der Waals surface area contributed by atoms with Gasteiger partial charge in [-0.15, -0.1) is 4.36 Å². The fourth-order valence-electron chi connectivity index (χ4n) is 6.39. The second-order valence-electron chi connectivity index (χ2n) is 13.3. The molecule has 0 radical (unpaired) electrons. The summed E-state index contributed by atoms with van der Waals surface area (Å²) in [5, 5.41) is 0.691. The molecule has 0 aromatic heterocycles. The second kappa shape index (κ2) is 17.7. The van der Waals surface area contributed by atoms with Gasteiger partial charge >= 0.3 is 0 Å². The number of ether oxygens (including phenoxy) is 3. The topological polar surface area (TPSA) is 145 Å². The van der Waals surface area contributed by atoms with E-state index in [1.165, 1.54) is 18.2 Å². The first-order valence-electron chi connectivity index (χ1n) is 17.4. The lowest BCUT2D eigenvalue weighted by Crippen LogP contribution is -2.39. The van der Waals surface area contributed by atoms with Crippen LogP contribution < -0.4 is 20.1 Å². The summed E-state index contributed by atoms with van der Waals surface area (Å²) in [6, 6.07) is 11.0. The van der Waals surface area contributed by atoms with Gasteiger partial charge in [-0.1, -0.05) is 56.5 Å². The van der Waals surface area contributed by atoms with Gasteiger partial charge in [0.25, 0.3) is 11.8 Å². The molecule has 13 heteroatoms. The number of carbonyl (C=O) groups excluding carboxylic acids is 2. The van der Waals surface area contributed by atoms with Crippen molar-refractivity contribution in [2.75, 3.05) is 45.4 Å². The lowest BCUT2D eigenvalue weighted by atomic mass is 9.91. The molecule has 4 unspecified atom stereocenters. The average Bonchev–Trinajstić information content (AvgIpc) is 3.28. The van der Waals surface area contributed by atoms with Gasteiger partial charge in [0.05, 0.1) is 35.5 Å². The maximum absolute atomic E-state index is 15.0. The van der Waals surface area contributed by atoms with E-state index < -0.39 is 27.3 Å². The van der Waals surface area contributed by atoms with Gasteiger partial charge in [-0.05, 0) is 81.0 Å². The van der Waals surface area contributed by atoms with Gasteiger partial charge < -0.3 is 24.8 Å². The van der Waals surface area contributed by atoms with Crippen molar-refractivity contribution in [3.8, 4) is 5.75 Å². The van der Waals surface area contributed by atoms with Crippen LogP contribution in [0.3, 0.4) is 0 Å². The third kappa shape index (κ3) is 9.59. The van der Waals surface area contributed by atoms with E-state index in [-0.39, 0.29) is 35.0 Å². The predicted molar refractivity (Wildman–Crippen MR) is 204 cm³/mol. The predicted octanol–water partition coefficient (Wildman–Crippen LogP) is 6.39. The summed E-state index contributed by atoms with van der Waals surface area (Å²) in [5.74, 6) is -0.854. The molecule has 2 aliphatic rings. The van der Waals surface area contributed by atoms with Gasteiger partial charge in [0.15, 0.2) is 9.92 Å². The maximum Gasteiger partial charge on any atom is 0.287 e. The summed E-state index contributed by atoms with van der Waals surface area (Å²) in [7, 11) is -0.739. The van der Waals surface area contributed by atoms with Crippen LogP contribution in [0.25, 0.3) is 0 Å². The first-order chi connectivity index (χ1) is 24.3. The minimum atomic E-state index is -3.95. The zero-order valence-electron chi connectivity index (χ0n) is 30.7. The standard InChI is InChI=1S/C38H52ClN5O6S/c1-8-11-27-20-29(39)13-15-31(27)28-23-44-18-17-26(9-2)34(48-7)12-10-19-50-38(4,5)37(46)43-51(47,42-36(45)32(22-40)25(3)41-6)30-14-16-35(49-24-28)33(44)21-30/h10,12-16,20-22,26,28,34H,8-9,11,17-19,23-24,40H2,1-7H3,(H,42,43,45,46,47)/b12-10+,32-22?,41-25?. The van der Waals surface area contributed by atoms with Crippen LogP contribution in [-0.4, -0.2) is 73.9 Å². The third-order valence-corrected chi connectivity index (χ3v) is 11.5. The zero-order valence-corrected chi connectivity index (χ0v) is 32.3. The Balaban J connectivity index is 1.92. The van der Waals surface area contributed by atoms with Crippen LogP contribution in [0.2, 0.25) is 5.02 Å². The van der Waals surface area contributed by atoms with Crippen molar-refractivity contribution >= 4 is 44.7 Å². The van der Waals surface area contributed by atoms with Crippen LogP contribution in [0, 0.1) is 5.92 Å². The summed E-state index contributed by atoms with van der Waals surface area (Å²) in [5.41, 5.74) is 7.66. The first-order valence-corrected chi connectivity index (χ1v) is 19.3. The number of aryl methyl sites for hydroxylation is 1. The molecular formula is C38H52ClN5O6S. The molecule has 0 fully saturated rings. The number of halogens is 1. The Hall–Kier alpha value is -3.71. The number of hydrogen-bond acceptors (Lipinski definition) is 9. The molecule has 0 saturated carbocycles. The lowest BCUT2D eigenvalue weighted by Gasteiger charge is -2.31. The molecule has 0 spiro atoms. The highest BCUT2D eigenvalue weighted by Gasteiger charge is 2.34. The highest BCUT2D eigenvalue weighted by molar-refractivity contribution is 7.92. The smallest absolute Gasteiger partial charge is 0.287 e. The Morgan fingerprint density at radius 3 is 2.69 bits per heavy atom. The first kappa shape index (κ1) is 40.1. The number of carbonyl (C=O) groups is 2. The molecule has 11 nitrogen and oxygen atoms in total. The van der Waals surface area contributed by atoms with Gasteiger partial charge in [-0.2, -0.15) is 0 Å². The Bertz CT molecular complexity index is 1800. The monoisotopic (exact) mass is 741 g/mol. The van der Waals surface area contributed by atoms with Crippen molar-refractivity contribution < 1.29 is 28.0 Å². The molecule has 2 heterocycles. The molecule has 0 saturated heterocycles. The summed E-state index contributed by atoms with van der Waals surface area (Å²) in [6.45, 7) is 10.7. The molecule has 278 valence electrons. The van der Waals surface area contributed by atoms with Gasteiger partial charge in [0.2, 0.25) is 0 Å². The Kier molecular flexibility index (Phi) is 13.9. The molecule has 2 bridgehead atoms. The highest BCUT2D eigenvalue weighted by Crippen LogP contribution is 2.39. The quantitative estimate of drug-likeness (QED) is 0.180.